The van der Waals surface area contributed by atoms with Crippen molar-refractivity contribution in [3.8, 4) is 11.4 Å². The smallest absolute Gasteiger partial charge is 0.420 e. The zero-order valence-corrected chi connectivity index (χ0v) is 12.9. The van der Waals surface area contributed by atoms with Gasteiger partial charge >= 0.3 is 6.09 Å². The summed E-state index contributed by atoms with van der Waals surface area (Å²) in [6.45, 7) is 5.56. The van der Waals surface area contributed by atoms with Gasteiger partial charge in [0, 0.05) is 5.56 Å². The topological polar surface area (TPSA) is 44.1 Å². The van der Waals surface area contributed by atoms with Crippen LogP contribution in [0.1, 0.15) is 20.8 Å². The van der Waals surface area contributed by atoms with Gasteiger partial charge in [-0.05, 0) is 32.9 Å². The molecule has 0 amide bonds. The average molecular weight is 294 g/mol. The van der Waals surface area contributed by atoms with Crippen LogP contribution in [0, 0.1) is 0 Å². The van der Waals surface area contributed by atoms with Crippen molar-refractivity contribution in [1.82, 2.24) is 9.55 Å². The number of imidazole rings is 1. The van der Waals surface area contributed by atoms with E-state index < -0.39 is 11.7 Å². The third-order valence-corrected chi connectivity index (χ3v) is 3.17. The number of para-hydroxylation sites is 2. The Morgan fingerprint density at radius 3 is 2.32 bits per heavy atom. The lowest BCUT2D eigenvalue weighted by Gasteiger charge is -2.20. The molecule has 0 fully saturated rings. The summed E-state index contributed by atoms with van der Waals surface area (Å²) < 4.78 is 7.07. The van der Waals surface area contributed by atoms with Crippen LogP contribution in [0.25, 0.3) is 22.4 Å². The highest BCUT2D eigenvalue weighted by Gasteiger charge is 2.23. The molecule has 0 bridgehead atoms. The Morgan fingerprint density at radius 1 is 1.00 bits per heavy atom. The second kappa shape index (κ2) is 5.30. The van der Waals surface area contributed by atoms with Crippen molar-refractivity contribution in [2.75, 3.05) is 0 Å². The molecule has 2 aromatic carbocycles. The molecule has 0 aliphatic carbocycles. The van der Waals surface area contributed by atoms with Crippen molar-refractivity contribution < 1.29 is 9.53 Å². The molecule has 4 nitrogen and oxygen atoms in total. The van der Waals surface area contributed by atoms with E-state index in [1.54, 1.807) is 0 Å². The van der Waals surface area contributed by atoms with Crippen LogP contribution in [-0.2, 0) is 4.74 Å². The van der Waals surface area contributed by atoms with Crippen LogP contribution in [0.5, 0.6) is 0 Å². The molecule has 1 aromatic heterocycles. The number of benzene rings is 2. The zero-order chi connectivity index (χ0) is 15.7. The molecular formula is C18H18N2O2. The summed E-state index contributed by atoms with van der Waals surface area (Å²) in [5, 5.41) is 0. The summed E-state index contributed by atoms with van der Waals surface area (Å²) in [6, 6.07) is 17.2. The van der Waals surface area contributed by atoms with Gasteiger partial charge in [-0.1, -0.05) is 42.5 Å². The summed E-state index contributed by atoms with van der Waals surface area (Å²) in [5.74, 6) is 0.594. The molecular weight excluding hydrogens is 276 g/mol. The third kappa shape index (κ3) is 2.72. The van der Waals surface area contributed by atoms with Gasteiger partial charge in [0.1, 0.15) is 5.60 Å². The van der Waals surface area contributed by atoms with Gasteiger partial charge in [-0.3, -0.25) is 0 Å². The molecule has 112 valence electrons. The average Bonchev–Trinajstić information content (AvgIpc) is 2.86. The Kier molecular flexibility index (Phi) is 3.45. The molecule has 1 heterocycles. The number of fused-ring (bicyclic) bond motifs is 1. The maximum atomic E-state index is 12.6. The monoisotopic (exact) mass is 294 g/mol. The Hall–Kier alpha value is -2.62. The minimum absolute atomic E-state index is 0.417. The predicted molar refractivity (Wildman–Crippen MR) is 86.8 cm³/mol. The quantitative estimate of drug-likeness (QED) is 0.664. The predicted octanol–water partition coefficient (Wildman–Crippen LogP) is 4.49. The third-order valence-electron chi connectivity index (χ3n) is 3.17. The standard InChI is InChI=1S/C18H18N2O2/c1-18(2,3)22-17(21)20-15-12-8-7-11-14(15)19-16(20)13-9-5-4-6-10-13/h4-12H,1-3H3. The normalized spacial score (nSPS) is 11.6. The Labute approximate surface area is 129 Å². The number of ether oxygens (including phenoxy) is 1. The Bertz CT molecular complexity index is 814. The maximum Gasteiger partial charge on any atom is 0.420 e. The molecule has 0 radical (unpaired) electrons. The second-order valence-electron chi connectivity index (χ2n) is 6.11. The number of carbonyl (C=O) groups is 1. The highest BCUT2D eigenvalue weighted by atomic mass is 16.6. The van der Waals surface area contributed by atoms with E-state index in [1.807, 2.05) is 75.4 Å². The van der Waals surface area contributed by atoms with Gasteiger partial charge in [-0.15, -0.1) is 0 Å². The molecule has 3 rings (SSSR count). The number of aromatic nitrogens is 2. The second-order valence-corrected chi connectivity index (χ2v) is 6.11. The summed E-state index contributed by atoms with van der Waals surface area (Å²) in [5.41, 5.74) is 1.84. The molecule has 0 saturated carbocycles. The number of nitrogens with zero attached hydrogens (tertiary/aromatic N) is 2. The van der Waals surface area contributed by atoms with E-state index >= 15 is 0 Å². The van der Waals surface area contributed by atoms with Crippen LogP contribution in [-0.4, -0.2) is 21.2 Å². The molecule has 0 spiro atoms. The number of carbonyl (C=O) groups excluding carboxylic acids is 1. The van der Waals surface area contributed by atoms with Gasteiger partial charge in [-0.2, -0.15) is 0 Å². The van der Waals surface area contributed by atoms with E-state index in [1.165, 1.54) is 4.57 Å². The molecule has 4 heteroatoms. The highest BCUT2D eigenvalue weighted by molar-refractivity contribution is 5.92. The van der Waals surface area contributed by atoms with E-state index in [9.17, 15) is 4.79 Å². The molecule has 0 aliphatic heterocycles. The molecule has 0 aliphatic rings. The zero-order valence-electron chi connectivity index (χ0n) is 12.9. The van der Waals surface area contributed by atoms with Gasteiger partial charge in [0.05, 0.1) is 11.0 Å². The molecule has 0 saturated heterocycles. The van der Waals surface area contributed by atoms with Crippen LogP contribution < -0.4 is 0 Å². The summed E-state index contributed by atoms with van der Waals surface area (Å²) in [6.07, 6.45) is -0.417. The van der Waals surface area contributed by atoms with Gasteiger partial charge in [0.2, 0.25) is 0 Å². The minimum Gasteiger partial charge on any atom is -0.443 e. The van der Waals surface area contributed by atoms with E-state index in [0.717, 1.165) is 16.6 Å². The van der Waals surface area contributed by atoms with Crippen molar-refractivity contribution in [2.24, 2.45) is 0 Å². The van der Waals surface area contributed by atoms with Crippen molar-refractivity contribution in [2.45, 2.75) is 26.4 Å². The van der Waals surface area contributed by atoms with Gasteiger partial charge in [-0.25, -0.2) is 14.3 Å². The van der Waals surface area contributed by atoms with Crippen LogP contribution in [0.4, 0.5) is 4.79 Å². The summed E-state index contributed by atoms with van der Waals surface area (Å²) >= 11 is 0. The highest BCUT2D eigenvalue weighted by Crippen LogP contribution is 2.25. The van der Waals surface area contributed by atoms with Crippen molar-refractivity contribution >= 4 is 17.1 Å². The van der Waals surface area contributed by atoms with Gasteiger partial charge < -0.3 is 4.74 Å². The van der Waals surface area contributed by atoms with Crippen molar-refractivity contribution in [3.63, 3.8) is 0 Å². The molecule has 0 N–H and O–H groups in total. The first-order valence-electron chi connectivity index (χ1n) is 7.22. The Morgan fingerprint density at radius 2 is 1.64 bits per heavy atom. The van der Waals surface area contributed by atoms with Gasteiger partial charge in [0.25, 0.3) is 0 Å². The maximum absolute atomic E-state index is 12.6. The lowest BCUT2D eigenvalue weighted by atomic mass is 10.2. The van der Waals surface area contributed by atoms with E-state index in [2.05, 4.69) is 4.98 Å². The fourth-order valence-electron chi connectivity index (χ4n) is 2.30. The first-order chi connectivity index (χ1) is 10.5. The Balaban J connectivity index is 2.20. The van der Waals surface area contributed by atoms with Crippen LogP contribution in [0.3, 0.4) is 0 Å². The van der Waals surface area contributed by atoms with Gasteiger partial charge in [0.15, 0.2) is 5.82 Å². The molecule has 0 atom stereocenters. The summed E-state index contributed by atoms with van der Waals surface area (Å²) in [7, 11) is 0. The van der Waals surface area contributed by atoms with E-state index in [-0.39, 0.29) is 0 Å². The SMILES string of the molecule is CC(C)(C)OC(=O)n1c(-c2ccccc2)nc2ccccc21. The van der Waals surface area contributed by atoms with Crippen molar-refractivity contribution in [1.29, 1.82) is 0 Å². The first-order valence-corrected chi connectivity index (χ1v) is 7.22. The van der Waals surface area contributed by atoms with E-state index in [4.69, 9.17) is 4.74 Å². The number of rotatable bonds is 1. The largest absolute Gasteiger partial charge is 0.443 e. The summed E-state index contributed by atoms with van der Waals surface area (Å²) in [4.78, 5) is 17.2. The van der Waals surface area contributed by atoms with Crippen molar-refractivity contribution in [3.05, 3.63) is 54.6 Å². The molecule has 22 heavy (non-hydrogen) atoms. The van der Waals surface area contributed by atoms with Crippen LogP contribution >= 0.6 is 0 Å². The molecule has 3 aromatic rings. The lowest BCUT2D eigenvalue weighted by molar-refractivity contribution is 0.0546. The lowest BCUT2D eigenvalue weighted by Crippen LogP contribution is -2.27. The van der Waals surface area contributed by atoms with Crippen LogP contribution in [0.15, 0.2) is 54.6 Å². The minimum atomic E-state index is -0.559. The fraction of sp³-hybridized carbons (Fsp3) is 0.222. The number of hydrogen-bond acceptors (Lipinski definition) is 3. The van der Waals surface area contributed by atoms with Crippen LogP contribution in [0.2, 0.25) is 0 Å². The molecule has 0 unspecified atom stereocenters. The number of hydrogen-bond donors (Lipinski definition) is 0. The fourth-order valence-corrected chi connectivity index (χ4v) is 2.30. The van der Waals surface area contributed by atoms with E-state index in [0.29, 0.717) is 5.82 Å². The first kappa shape index (κ1) is 14.3.